The molecule has 2 heteroatoms. The highest BCUT2D eigenvalue weighted by Crippen LogP contribution is 2.38. The zero-order valence-corrected chi connectivity index (χ0v) is 10.4. The second kappa shape index (κ2) is 4.66. The first-order valence-electron chi connectivity index (χ1n) is 7.37. The third-order valence-corrected chi connectivity index (χ3v) is 5.24. The molecule has 3 fully saturated rings. The highest BCUT2D eigenvalue weighted by atomic mass is 15.2. The molecule has 0 bridgehead atoms. The molecule has 2 saturated carbocycles. The van der Waals surface area contributed by atoms with Crippen molar-refractivity contribution in [1.82, 2.24) is 4.90 Å². The molecule has 4 atom stereocenters. The molecule has 0 amide bonds. The van der Waals surface area contributed by atoms with Gasteiger partial charge in [-0.1, -0.05) is 19.3 Å². The van der Waals surface area contributed by atoms with Crippen molar-refractivity contribution in [1.29, 1.82) is 0 Å². The third kappa shape index (κ3) is 1.91. The largest absolute Gasteiger partial charge is 0.326 e. The molecule has 1 saturated heterocycles. The number of nitrogens with zero attached hydrogens (tertiary/aromatic N) is 1. The van der Waals surface area contributed by atoms with Crippen molar-refractivity contribution in [2.75, 3.05) is 6.54 Å². The minimum absolute atomic E-state index is 0.473. The summed E-state index contributed by atoms with van der Waals surface area (Å²) in [7, 11) is 0. The van der Waals surface area contributed by atoms with Gasteiger partial charge in [-0.15, -0.1) is 0 Å². The highest BCUT2D eigenvalue weighted by Gasteiger charge is 2.39. The molecule has 92 valence electrons. The van der Waals surface area contributed by atoms with Crippen LogP contribution in [-0.4, -0.2) is 29.6 Å². The van der Waals surface area contributed by atoms with Crippen LogP contribution in [0.3, 0.4) is 0 Å². The maximum atomic E-state index is 6.29. The van der Waals surface area contributed by atoms with Gasteiger partial charge >= 0.3 is 0 Å². The van der Waals surface area contributed by atoms with E-state index in [-0.39, 0.29) is 0 Å². The van der Waals surface area contributed by atoms with Crippen LogP contribution in [0.15, 0.2) is 0 Å². The summed E-state index contributed by atoms with van der Waals surface area (Å²) in [5, 5.41) is 0. The predicted molar refractivity (Wildman–Crippen MR) is 67.3 cm³/mol. The van der Waals surface area contributed by atoms with Crippen LogP contribution in [-0.2, 0) is 0 Å². The summed E-state index contributed by atoms with van der Waals surface area (Å²) in [5.41, 5.74) is 6.29. The molecule has 16 heavy (non-hydrogen) atoms. The molecule has 2 nitrogen and oxygen atoms in total. The number of likely N-dealkylation sites (tertiary alicyclic amines) is 1. The van der Waals surface area contributed by atoms with Crippen molar-refractivity contribution in [3.63, 3.8) is 0 Å². The average Bonchev–Trinajstić information content (AvgIpc) is 2.75. The van der Waals surface area contributed by atoms with Crippen LogP contribution < -0.4 is 5.73 Å². The van der Waals surface area contributed by atoms with Gasteiger partial charge in [0.15, 0.2) is 0 Å². The fourth-order valence-electron chi connectivity index (χ4n) is 4.46. The van der Waals surface area contributed by atoms with Crippen LogP contribution in [0, 0.1) is 5.92 Å². The van der Waals surface area contributed by atoms with E-state index < -0.39 is 0 Å². The Morgan fingerprint density at radius 3 is 2.31 bits per heavy atom. The molecule has 1 heterocycles. The quantitative estimate of drug-likeness (QED) is 0.738. The van der Waals surface area contributed by atoms with E-state index >= 15 is 0 Å². The number of hydrogen-bond acceptors (Lipinski definition) is 2. The molecule has 4 unspecified atom stereocenters. The van der Waals surface area contributed by atoms with Crippen LogP contribution in [0.2, 0.25) is 0 Å². The Morgan fingerprint density at radius 2 is 1.50 bits per heavy atom. The number of hydrogen-bond donors (Lipinski definition) is 1. The molecule has 3 aliphatic rings. The molecule has 2 N–H and O–H groups in total. The molecule has 2 aliphatic carbocycles. The number of nitrogens with two attached hydrogens (primary N) is 1. The Morgan fingerprint density at radius 1 is 0.750 bits per heavy atom. The average molecular weight is 222 g/mol. The van der Waals surface area contributed by atoms with Gasteiger partial charge in [0.05, 0.1) is 0 Å². The van der Waals surface area contributed by atoms with Crippen molar-refractivity contribution in [3.05, 3.63) is 0 Å². The van der Waals surface area contributed by atoms with Gasteiger partial charge in [0.1, 0.15) is 0 Å². The molecule has 0 aromatic carbocycles. The Kier molecular flexibility index (Phi) is 3.21. The fraction of sp³-hybridized carbons (Fsp3) is 1.00. The van der Waals surface area contributed by atoms with Crippen molar-refractivity contribution in [3.8, 4) is 0 Å². The maximum absolute atomic E-state index is 6.29. The second-order valence-corrected chi connectivity index (χ2v) is 6.15. The molecule has 3 rings (SSSR count). The standard InChI is InChI=1S/C14H26N2/c15-12-7-3-9-14(12)16-10-4-6-11-5-1-2-8-13(11)16/h11-14H,1-10,15H2. The van der Waals surface area contributed by atoms with Gasteiger partial charge in [0, 0.05) is 18.1 Å². The Bertz CT molecular complexity index is 239. The normalized spacial score (nSPS) is 45.6. The van der Waals surface area contributed by atoms with E-state index in [1.165, 1.54) is 64.3 Å². The van der Waals surface area contributed by atoms with E-state index in [0.29, 0.717) is 6.04 Å². The summed E-state index contributed by atoms with van der Waals surface area (Å²) >= 11 is 0. The van der Waals surface area contributed by atoms with Crippen molar-refractivity contribution in [2.24, 2.45) is 11.7 Å². The lowest BCUT2D eigenvalue weighted by molar-refractivity contribution is 0.0229. The number of rotatable bonds is 1. The summed E-state index contributed by atoms with van der Waals surface area (Å²) < 4.78 is 0. The van der Waals surface area contributed by atoms with Crippen molar-refractivity contribution >= 4 is 0 Å². The van der Waals surface area contributed by atoms with Crippen LogP contribution >= 0.6 is 0 Å². The van der Waals surface area contributed by atoms with Crippen LogP contribution in [0.1, 0.15) is 57.8 Å². The maximum Gasteiger partial charge on any atom is 0.0250 e. The summed E-state index contributed by atoms with van der Waals surface area (Å²) in [6.07, 6.45) is 12.8. The van der Waals surface area contributed by atoms with E-state index in [4.69, 9.17) is 5.73 Å². The van der Waals surface area contributed by atoms with Gasteiger partial charge in [-0.05, 0) is 51.0 Å². The smallest absolute Gasteiger partial charge is 0.0250 e. The first-order chi connectivity index (χ1) is 7.86. The van der Waals surface area contributed by atoms with Crippen molar-refractivity contribution < 1.29 is 0 Å². The molecule has 0 aromatic rings. The minimum Gasteiger partial charge on any atom is -0.326 e. The molecular formula is C14H26N2. The topological polar surface area (TPSA) is 29.3 Å². The highest BCUT2D eigenvalue weighted by molar-refractivity contribution is 4.96. The monoisotopic (exact) mass is 222 g/mol. The zero-order valence-electron chi connectivity index (χ0n) is 10.4. The molecule has 1 aliphatic heterocycles. The Hall–Kier alpha value is -0.0800. The summed E-state index contributed by atoms with van der Waals surface area (Å²) in [6, 6.07) is 2.10. The van der Waals surface area contributed by atoms with Gasteiger partial charge in [-0.25, -0.2) is 0 Å². The minimum atomic E-state index is 0.473. The van der Waals surface area contributed by atoms with Gasteiger partial charge in [0.2, 0.25) is 0 Å². The van der Waals surface area contributed by atoms with E-state index in [2.05, 4.69) is 4.90 Å². The Balaban J connectivity index is 1.72. The zero-order chi connectivity index (χ0) is 11.0. The van der Waals surface area contributed by atoms with Gasteiger partial charge in [-0.2, -0.15) is 0 Å². The van der Waals surface area contributed by atoms with E-state index in [9.17, 15) is 0 Å². The first-order valence-corrected chi connectivity index (χ1v) is 7.37. The summed E-state index contributed by atoms with van der Waals surface area (Å²) in [6.45, 7) is 1.33. The van der Waals surface area contributed by atoms with Gasteiger partial charge < -0.3 is 5.73 Å². The second-order valence-electron chi connectivity index (χ2n) is 6.15. The molecule has 0 aromatic heterocycles. The third-order valence-electron chi connectivity index (χ3n) is 5.24. The fourth-order valence-corrected chi connectivity index (χ4v) is 4.46. The summed E-state index contributed by atoms with van der Waals surface area (Å²) in [4.78, 5) is 2.82. The lowest BCUT2D eigenvalue weighted by Gasteiger charge is -2.48. The lowest BCUT2D eigenvalue weighted by atomic mass is 9.77. The Labute approximate surface area is 99.6 Å². The number of fused-ring (bicyclic) bond motifs is 1. The first kappa shape index (κ1) is 11.0. The van der Waals surface area contributed by atoms with Crippen LogP contribution in [0.5, 0.6) is 0 Å². The van der Waals surface area contributed by atoms with Crippen LogP contribution in [0.25, 0.3) is 0 Å². The molecular weight excluding hydrogens is 196 g/mol. The number of piperidine rings is 1. The predicted octanol–water partition coefficient (Wildman–Crippen LogP) is 2.52. The van der Waals surface area contributed by atoms with Gasteiger partial charge in [-0.3, -0.25) is 4.90 Å². The molecule has 0 spiro atoms. The van der Waals surface area contributed by atoms with Gasteiger partial charge in [0.25, 0.3) is 0 Å². The van der Waals surface area contributed by atoms with E-state index in [0.717, 1.165) is 18.0 Å². The SMILES string of the molecule is NC1CCCC1N1CCCC2CCCCC21. The lowest BCUT2D eigenvalue weighted by Crippen LogP contribution is -2.55. The van der Waals surface area contributed by atoms with E-state index in [1.807, 2.05) is 0 Å². The van der Waals surface area contributed by atoms with Crippen molar-refractivity contribution in [2.45, 2.75) is 75.9 Å². The summed E-state index contributed by atoms with van der Waals surface area (Å²) in [5.74, 6) is 1.01. The van der Waals surface area contributed by atoms with E-state index in [1.54, 1.807) is 0 Å². The van der Waals surface area contributed by atoms with Crippen LogP contribution in [0.4, 0.5) is 0 Å². The molecule has 0 radical (unpaired) electrons.